The lowest BCUT2D eigenvalue weighted by Gasteiger charge is -2.25. The SMILES string of the molecule is O=S(=O)(c1c(F)c(F)c(F)c(F)c1F)N1CCCC(c2ccc(F)cc2)=N1. The van der Waals surface area contributed by atoms with Crippen molar-refractivity contribution in [1.29, 1.82) is 0 Å². The Morgan fingerprint density at radius 1 is 0.815 bits per heavy atom. The summed E-state index contributed by atoms with van der Waals surface area (Å²) in [4.78, 5) is -1.97. The van der Waals surface area contributed by atoms with Gasteiger partial charge in [0.1, 0.15) is 5.82 Å². The first kappa shape index (κ1) is 19.2. The van der Waals surface area contributed by atoms with E-state index < -0.39 is 49.8 Å². The summed E-state index contributed by atoms with van der Waals surface area (Å²) < 4.78 is 106. The lowest BCUT2D eigenvalue weighted by molar-refractivity contribution is 0.348. The maximum atomic E-state index is 13.9. The number of hydrazone groups is 1. The second kappa shape index (κ2) is 6.87. The van der Waals surface area contributed by atoms with Crippen LogP contribution < -0.4 is 0 Å². The van der Waals surface area contributed by atoms with E-state index in [9.17, 15) is 34.8 Å². The summed E-state index contributed by atoms with van der Waals surface area (Å²) in [6.07, 6.45) is 0.444. The molecule has 0 saturated carbocycles. The molecule has 0 radical (unpaired) electrons. The maximum absolute atomic E-state index is 13.9. The smallest absolute Gasteiger partial charge is 0.207 e. The molecular formula is C16H10F6N2O2S. The predicted octanol–water partition coefficient (Wildman–Crippen LogP) is 3.71. The standard InChI is InChI=1S/C16H10F6N2O2S/c17-9-5-3-8(4-6-9)10-2-1-7-24(23-10)27(25,26)16-14(21)12(19)11(18)13(20)15(16)22/h3-6H,1-2,7H2. The minimum Gasteiger partial charge on any atom is -0.207 e. The summed E-state index contributed by atoms with van der Waals surface area (Å²) in [7, 11) is -5.16. The largest absolute Gasteiger partial charge is 0.285 e. The number of benzene rings is 2. The van der Waals surface area contributed by atoms with Crippen LogP contribution in [0.1, 0.15) is 18.4 Å². The number of hydrogen-bond donors (Lipinski definition) is 0. The molecule has 1 aliphatic rings. The molecule has 1 aliphatic heterocycles. The molecule has 4 nitrogen and oxygen atoms in total. The Kier molecular flexibility index (Phi) is 4.89. The van der Waals surface area contributed by atoms with Gasteiger partial charge in [-0.05, 0) is 30.5 Å². The molecule has 0 N–H and O–H groups in total. The predicted molar refractivity (Wildman–Crippen MR) is 82.3 cm³/mol. The van der Waals surface area contributed by atoms with Gasteiger partial charge in [-0.25, -0.2) is 26.3 Å². The Balaban J connectivity index is 2.10. The molecule has 0 aliphatic carbocycles. The summed E-state index contributed by atoms with van der Waals surface area (Å²) in [5.41, 5.74) is 0.516. The molecule has 2 aromatic carbocycles. The minimum absolute atomic E-state index is 0.161. The lowest BCUT2D eigenvalue weighted by Crippen LogP contribution is -2.34. The molecule has 0 spiro atoms. The Morgan fingerprint density at radius 3 is 1.89 bits per heavy atom. The highest BCUT2D eigenvalue weighted by Gasteiger charge is 2.37. The van der Waals surface area contributed by atoms with Gasteiger partial charge in [-0.3, -0.25) is 0 Å². The second-order valence-corrected chi connectivity index (χ2v) is 7.39. The van der Waals surface area contributed by atoms with Gasteiger partial charge >= 0.3 is 0 Å². The van der Waals surface area contributed by atoms with Crippen molar-refractivity contribution in [3.63, 3.8) is 0 Å². The molecule has 1 heterocycles. The summed E-state index contributed by atoms with van der Waals surface area (Å²) in [6.45, 7) is -0.327. The third-order valence-electron chi connectivity index (χ3n) is 3.88. The fourth-order valence-electron chi connectivity index (χ4n) is 2.55. The zero-order chi connectivity index (χ0) is 19.9. The quantitative estimate of drug-likeness (QED) is 0.442. The van der Waals surface area contributed by atoms with Crippen LogP contribution >= 0.6 is 0 Å². The van der Waals surface area contributed by atoms with E-state index in [2.05, 4.69) is 5.10 Å². The van der Waals surface area contributed by atoms with Gasteiger partial charge in [-0.15, -0.1) is 0 Å². The monoisotopic (exact) mass is 408 g/mol. The van der Waals surface area contributed by atoms with Crippen LogP contribution in [0.25, 0.3) is 0 Å². The summed E-state index contributed by atoms with van der Waals surface area (Å²) >= 11 is 0. The van der Waals surface area contributed by atoms with Gasteiger partial charge in [0.25, 0.3) is 10.0 Å². The number of halogens is 6. The molecule has 144 valence electrons. The van der Waals surface area contributed by atoms with E-state index in [1.807, 2.05) is 0 Å². The highest BCUT2D eigenvalue weighted by molar-refractivity contribution is 7.89. The van der Waals surface area contributed by atoms with Crippen LogP contribution in [0.15, 0.2) is 34.3 Å². The van der Waals surface area contributed by atoms with Crippen molar-refractivity contribution < 1.29 is 34.8 Å². The number of hydrogen-bond acceptors (Lipinski definition) is 3. The van der Waals surface area contributed by atoms with Crippen LogP contribution in [0.2, 0.25) is 0 Å². The zero-order valence-corrected chi connectivity index (χ0v) is 14.1. The van der Waals surface area contributed by atoms with Crippen LogP contribution in [0.3, 0.4) is 0 Å². The normalized spacial score (nSPS) is 15.0. The number of sulfonamides is 1. The van der Waals surface area contributed by atoms with Crippen molar-refractivity contribution in [3.8, 4) is 0 Å². The first-order valence-electron chi connectivity index (χ1n) is 7.52. The Hall–Kier alpha value is -2.56. The van der Waals surface area contributed by atoms with Crippen molar-refractivity contribution in [2.45, 2.75) is 17.7 Å². The van der Waals surface area contributed by atoms with E-state index in [1.165, 1.54) is 12.1 Å². The van der Waals surface area contributed by atoms with Gasteiger partial charge in [-0.2, -0.15) is 17.9 Å². The highest BCUT2D eigenvalue weighted by Crippen LogP contribution is 2.30. The molecule has 0 fully saturated rings. The minimum atomic E-state index is -5.16. The Morgan fingerprint density at radius 2 is 1.33 bits per heavy atom. The molecule has 0 amide bonds. The Bertz CT molecular complexity index is 1010. The van der Waals surface area contributed by atoms with Crippen molar-refractivity contribution in [2.75, 3.05) is 6.54 Å². The average Bonchev–Trinajstić information content (AvgIpc) is 2.65. The van der Waals surface area contributed by atoms with Crippen molar-refractivity contribution in [2.24, 2.45) is 5.10 Å². The van der Waals surface area contributed by atoms with Crippen molar-refractivity contribution in [1.82, 2.24) is 4.41 Å². The fourth-order valence-corrected chi connectivity index (χ4v) is 3.97. The van der Waals surface area contributed by atoms with Crippen molar-refractivity contribution >= 4 is 15.7 Å². The van der Waals surface area contributed by atoms with Crippen LogP contribution in [-0.4, -0.2) is 25.1 Å². The molecule has 2 aromatic rings. The van der Waals surface area contributed by atoms with Gasteiger partial charge in [0, 0.05) is 0 Å². The highest BCUT2D eigenvalue weighted by atomic mass is 32.2. The fraction of sp³-hybridized carbons (Fsp3) is 0.188. The number of rotatable bonds is 3. The van der Waals surface area contributed by atoms with E-state index in [4.69, 9.17) is 0 Å². The summed E-state index contributed by atoms with van der Waals surface area (Å²) in [5.74, 6) is -12.7. The van der Waals surface area contributed by atoms with Crippen molar-refractivity contribution in [3.05, 3.63) is 64.7 Å². The Labute approximate surface area is 149 Å². The number of nitrogens with zero attached hydrogens (tertiary/aromatic N) is 2. The molecule has 3 rings (SSSR count). The zero-order valence-electron chi connectivity index (χ0n) is 13.3. The molecule has 0 atom stereocenters. The average molecular weight is 408 g/mol. The van der Waals surface area contributed by atoms with Gasteiger partial charge < -0.3 is 0 Å². The van der Waals surface area contributed by atoms with Crippen LogP contribution in [-0.2, 0) is 10.0 Å². The van der Waals surface area contributed by atoms with Gasteiger partial charge in [-0.1, -0.05) is 12.1 Å². The van der Waals surface area contributed by atoms with E-state index in [0.717, 1.165) is 12.1 Å². The molecule has 11 heteroatoms. The third-order valence-corrected chi connectivity index (χ3v) is 5.57. The van der Waals surface area contributed by atoms with Crippen LogP contribution in [0, 0.1) is 34.9 Å². The van der Waals surface area contributed by atoms with Crippen LogP contribution in [0.4, 0.5) is 26.3 Å². The van der Waals surface area contributed by atoms with E-state index in [1.54, 1.807) is 0 Å². The van der Waals surface area contributed by atoms with Gasteiger partial charge in [0.05, 0.1) is 12.3 Å². The van der Waals surface area contributed by atoms with E-state index in [-0.39, 0.29) is 29.5 Å². The lowest BCUT2D eigenvalue weighted by atomic mass is 10.1. The van der Waals surface area contributed by atoms with E-state index >= 15 is 0 Å². The molecule has 0 saturated heterocycles. The summed E-state index contributed by atoms with van der Waals surface area (Å²) in [6, 6.07) is 4.86. The second-order valence-electron chi connectivity index (χ2n) is 5.61. The molecule has 0 bridgehead atoms. The first-order chi connectivity index (χ1) is 12.6. The van der Waals surface area contributed by atoms with Gasteiger partial charge in [0.2, 0.25) is 5.82 Å². The van der Waals surface area contributed by atoms with E-state index in [0.29, 0.717) is 5.56 Å². The third kappa shape index (κ3) is 3.27. The molecule has 0 unspecified atom stereocenters. The molecule has 0 aromatic heterocycles. The van der Waals surface area contributed by atoms with Crippen LogP contribution in [0.5, 0.6) is 0 Å². The summed E-state index contributed by atoms with van der Waals surface area (Å²) in [5, 5.41) is 3.76. The molecule has 27 heavy (non-hydrogen) atoms. The van der Waals surface area contributed by atoms with Gasteiger partial charge in [0.15, 0.2) is 28.2 Å². The topological polar surface area (TPSA) is 49.7 Å². The molecular weight excluding hydrogens is 398 g/mol. The first-order valence-corrected chi connectivity index (χ1v) is 8.96. The maximum Gasteiger partial charge on any atom is 0.285 e.